The van der Waals surface area contributed by atoms with Gasteiger partial charge in [-0.25, -0.2) is 19.9 Å². The summed E-state index contributed by atoms with van der Waals surface area (Å²) in [6.45, 7) is 0. The molecular weight excluding hydrogens is 342 g/mol. The molecule has 0 N–H and O–H groups in total. The highest BCUT2D eigenvalue weighted by Crippen LogP contribution is 2.42. The molecule has 5 nitrogen and oxygen atoms in total. The van der Waals surface area contributed by atoms with E-state index in [-0.39, 0.29) is 0 Å². The summed E-state index contributed by atoms with van der Waals surface area (Å²) in [7, 11) is 0. The highest BCUT2D eigenvalue weighted by Gasteiger charge is 2.22. The fourth-order valence-electron chi connectivity index (χ4n) is 2.69. The Hall–Kier alpha value is -3.25. The van der Waals surface area contributed by atoms with Gasteiger partial charge in [-0.15, -0.1) is 11.3 Å². The van der Waals surface area contributed by atoms with Crippen LogP contribution in [0.5, 0.6) is 0 Å². The maximum atomic E-state index is 4.86. The molecule has 0 bridgehead atoms. The SMILES string of the molecule is C1=C(c2nc(-c3cccnc3)sc2-c2cccc(-c3ncccn3)n2)C1. The third-order valence-electron chi connectivity index (χ3n) is 4.02. The number of aromatic nitrogens is 5. The van der Waals surface area contributed by atoms with Crippen molar-refractivity contribution in [2.45, 2.75) is 6.42 Å². The van der Waals surface area contributed by atoms with Crippen molar-refractivity contribution in [2.24, 2.45) is 0 Å². The van der Waals surface area contributed by atoms with Crippen LogP contribution in [0.4, 0.5) is 0 Å². The van der Waals surface area contributed by atoms with Gasteiger partial charge >= 0.3 is 0 Å². The minimum atomic E-state index is 0.624. The van der Waals surface area contributed by atoms with Gasteiger partial charge in [0, 0.05) is 30.4 Å². The minimum Gasteiger partial charge on any atom is -0.264 e. The molecule has 0 aromatic carbocycles. The number of allylic oxidation sites excluding steroid dienone is 2. The van der Waals surface area contributed by atoms with Crippen LogP contribution < -0.4 is 0 Å². The van der Waals surface area contributed by atoms with Crippen molar-refractivity contribution in [3.05, 3.63) is 73.0 Å². The van der Waals surface area contributed by atoms with Crippen LogP contribution in [-0.4, -0.2) is 24.9 Å². The molecule has 0 radical (unpaired) electrons. The molecular formula is C20H13N5S. The lowest BCUT2D eigenvalue weighted by Gasteiger charge is -2.02. The van der Waals surface area contributed by atoms with E-state index in [0.717, 1.165) is 39.0 Å². The first kappa shape index (κ1) is 15.0. The van der Waals surface area contributed by atoms with Crippen molar-refractivity contribution in [3.63, 3.8) is 0 Å². The lowest BCUT2D eigenvalue weighted by atomic mass is 10.2. The zero-order chi connectivity index (χ0) is 17.3. The summed E-state index contributed by atoms with van der Waals surface area (Å²) < 4.78 is 0. The first-order valence-electron chi connectivity index (χ1n) is 8.24. The second-order valence-corrected chi connectivity index (χ2v) is 6.85. The third kappa shape index (κ3) is 2.80. The molecule has 0 spiro atoms. The minimum absolute atomic E-state index is 0.624. The fourth-order valence-corrected chi connectivity index (χ4v) is 3.75. The summed E-state index contributed by atoms with van der Waals surface area (Å²) in [6, 6.07) is 11.7. The topological polar surface area (TPSA) is 64.5 Å². The summed E-state index contributed by atoms with van der Waals surface area (Å²) in [6.07, 6.45) is 10.2. The molecule has 0 aliphatic heterocycles. The molecule has 0 fully saturated rings. The van der Waals surface area contributed by atoms with Crippen LogP contribution in [-0.2, 0) is 0 Å². The zero-order valence-electron chi connectivity index (χ0n) is 13.7. The smallest absolute Gasteiger partial charge is 0.178 e. The summed E-state index contributed by atoms with van der Waals surface area (Å²) in [4.78, 5) is 23.5. The Morgan fingerprint density at radius 3 is 2.46 bits per heavy atom. The Morgan fingerprint density at radius 1 is 0.846 bits per heavy atom. The highest BCUT2D eigenvalue weighted by molar-refractivity contribution is 7.18. The van der Waals surface area contributed by atoms with Gasteiger partial charge in [-0.05, 0) is 42.3 Å². The maximum Gasteiger partial charge on any atom is 0.178 e. The molecule has 1 aliphatic rings. The number of hydrogen-bond acceptors (Lipinski definition) is 6. The van der Waals surface area contributed by atoms with Gasteiger partial charge in [0.25, 0.3) is 0 Å². The molecule has 5 rings (SSSR count). The molecule has 0 unspecified atom stereocenters. The Balaban J connectivity index is 1.62. The molecule has 26 heavy (non-hydrogen) atoms. The molecule has 0 amide bonds. The first-order chi connectivity index (χ1) is 12.9. The van der Waals surface area contributed by atoms with Crippen LogP contribution in [0.25, 0.3) is 38.2 Å². The zero-order valence-corrected chi connectivity index (χ0v) is 14.5. The van der Waals surface area contributed by atoms with Crippen LogP contribution >= 0.6 is 11.3 Å². The van der Waals surface area contributed by atoms with E-state index in [4.69, 9.17) is 9.97 Å². The Morgan fingerprint density at radius 2 is 1.69 bits per heavy atom. The first-order valence-corrected chi connectivity index (χ1v) is 9.05. The molecule has 0 saturated carbocycles. The summed E-state index contributed by atoms with van der Waals surface area (Å²) in [5, 5.41) is 0.957. The van der Waals surface area contributed by atoms with Crippen molar-refractivity contribution in [2.75, 3.05) is 0 Å². The van der Waals surface area contributed by atoms with Crippen LogP contribution in [0.1, 0.15) is 12.1 Å². The van der Waals surface area contributed by atoms with Crippen molar-refractivity contribution >= 4 is 16.9 Å². The molecule has 1 aliphatic carbocycles. The van der Waals surface area contributed by atoms with E-state index in [1.54, 1.807) is 36.0 Å². The van der Waals surface area contributed by atoms with E-state index in [9.17, 15) is 0 Å². The van der Waals surface area contributed by atoms with Crippen molar-refractivity contribution in [1.29, 1.82) is 0 Å². The number of nitrogens with zero attached hydrogens (tertiary/aromatic N) is 5. The van der Waals surface area contributed by atoms with Crippen LogP contribution in [0, 0.1) is 0 Å². The lowest BCUT2D eigenvalue weighted by molar-refractivity contribution is 1.14. The van der Waals surface area contributed by atoms with Gasteiger partial charge < -0.3 is 0 Å². The number of hydrogen-bond donors (Lipinski definition) is 0. The van der Waals surface area contributed by atoms with E-state index in [1.165, 1.54) is 5.57 Å². The number of pyridine rings is 2. The Labute approximate surface area is 154 Å². The monoisotopic (exact) mass is 355 g/mol. The van der Waals surface area contributed by atoms with Crippen molar-refractivity contribution in [1.82, 2.24) is 24.9 Å². The maximum absolute atomic E-state index is 4.86. The molecule has 6 heteroatoms. The van der Waals surface area contributed by atoms with Gasteiger partial charge in [0.2, 0.25) is 0 Å². The summed E-state index contributed by atoms with van der Waals surface area (Å²) in [5.74, 6) is 0.624. The van der Waals surface area contributed by atoms with Gasteiger partial charge in [0.15, 0.2) is 5.82 Å². The molecule has 0 saturated heterocycles. The van der Waals surface area contributed by atoms with E-state index in [0.29, 0.717) is 5.82 Å². The Bertz CT molecular complexity index is 1100. The lowest BCUT2D eigenvalue weighted by Crippen LogP contribution is -1.92. The fraction of sp³-hybridized carbons (Fsp3) is 0.0500. The van der Waals surface area contributed by atoms with Gasteiger partial charge in [-0.2, -0.15) is 0 Å². The molecule has 4 aromatic rings. The predicted molar refractivity (Wildman–Crippen MR) is 102 cm³/mol. The predicted octanol–water partition coefficient (Wildman–Crippen LogP) is 4.51. The average Bonchev–Trinajstić information content (AvgIpc) is 3.47. The van der Waals surface area contributed by atoms with E-state index in [2.05, 4.69) is 21.0 Å². The quantitative estimate of drug-likeness (QED) is 0.539. The second kappa shape index (κ2) is 6.24. The normalized spacial score (nSPS) is 12.7. The van der Waals surface area contributed by atoms with E-state index < -0.39 is 0 Å². The van der Waals surface area contributed by atoms with Gasteiger partial charge in [-0.3, -0.25) is 4.98 Å². The molecule has 4 heterocycles. The van der Waals surface area contributed by atoms with E-state index >= 15 is 0 Å². The van der Waals surface area contributed by atoms with Gasteiger partial charge in [0.05, 0.1) is 16.3 Å². The summed E-state index contributed by atoms with van der Waals surface area (Å²) in [5.41, 5.74) is 4.97. The van der Waals surface area contributed by atoms with Crippen LogP contribution in [0.2, 0.25) is 0 Å². The third-order valence-corrected chi connectivity index (χ3v) is 5.15. The highest BCUT2D eigenvalue weighted by atomic mass is 32.1. The largest absolute Gasteiger partial charge is 0.264 e. The van der Waals surface area contributed by atoms with Crippen LogP contribution in [0.15, 0.2) is 67.3 Å². The average molecular weight is 355 g/mol. The number of rotatable bonds is 4. The second-order valence-electron chi connectivity index (χ2n) is 5.85. The van der Waals surface area contributed by atoms with Gasteiger partial charge in [0.1, 0.15) is 10.7 Å². The van der Waals surface area contributed by atoms with Crippen LogP contribution in [0.3, 0.4) is 0 Å². The molecule has 4 aromatic heterocycles. The molecule has 0 atom stereocenters. The van der Waals surface area contributed by atoms with Gasteiger partial charge in [-0.1, -0.05) is 12.1 Å². The van der Waals surface area contributed by atoms with E-state index in [1.807, 2.05) is 36.5 Å². The summed E-state index contributed by atoms with van der Waals surface area (Å²) >= 11 is 1.64. The molecule has 124 valence electrons. The number of thiazole rings is 1. The Kier molecular flexibility index (Phi) is 3.61. The standard InChI is InChI=1S/C20H13N5S/c1-5-15(24-16(6-1)19-22-10-3-11-23-19)18-17(13-7-8-13)25-20(26-18)14-4-2-9-21-12-14/h1-7,9-12H,8H2. The van der Waals surface area contributed by atoms with Crippen molar-refractivity contribution < 1.29 is 0 Å². The van der Waals surface area contributed by atoms with Crippen molar-refractivity contribution in [3.8, 4) is 32.7 Å².